The Hall–Kier alpha value is -2.30. The Balaban J connectivity index is 1.59. The predicted molar refractivity (Wildman–Crippen MR) is 92.9 cm³/mol. The van der Waals surface area contributed by atoms with Gasteiger partial charge in [0.15, 0.2) is 0 Å². The number of aryl methyl sites for hydroxylation is 1. The van der Waals surface area contributed by atoms with Crippen molar-refractivity contribution in [3.8, 4) is 5.75 Å². The third-order valence-electron chi connectivity index (χ3n) is 4.67. The first kappa shape index (κ1) is 16.6. The van der Waals surface area contributed by atoms with Crippen LogP contribution in [-0.2, 0) is 17.8 Å². The second-order valence-corrected chi connectivity index (χ2v) is 6.32. The van der Waals surface area contributed by atoms with E-state index in [0.717, 1.165) is 43.7 Å². The number of carbonyl (C=O) groups is 1. The maximum atomic E-state index is 12.7. The van der Waals surface area contributed by atoms with Crippen LogP contribution in [-0.4, -0.2) is 40.3 Å². The highest BCUT2D eigenvalue weighted by molar-refractivity contribution is 5.77. The van der Waals surface area contributed by atoms with Gasteiger partial charge in [-0.05, 0) is 49.4 Å². The van der Waals surface area contributed by atoms with Crippen LogP contribution in [0.5, 0.6) is 5.75 Å². The van der Waals surface area contributed by atoms with Gasteiger partial charge in [-0.2, -0.15) is 5.10 Å². The first-order valence-electron chi connectivity index (χ1n) is 8.66. The summed E-state index contributed by atoms with van der Waals surface area (Å²) in [4.78, 5) is 14.8. The summed E-state index contributed by atoms with van der Waals surface area (Å²) in [6.45, 7) is 1.65. The van der Waals surface area contributed by atoms with Crippen molar-refractivity contribution in [3.63, 3.8) is 0 Å². The fourth-order valence-corrected chi connectivity index (χ4v) is 3.37. The van der Waals surface area contributed by atoms with Gasteiger partial charge in [0.05, 0.1) is 19.7 Å². The summed E-state index contributed by atoms with van der Waals surface area (Å²) in [5.74, 6) is 1.09. The van der Waals surface area contributed by atoms with Crippen molar-refractivity contribution in [2.75, 3.05) is 13.7 Å². The monoisotopic (exact) mass is 327 g/mol. The van der Waals surface area contributed by atoms with Gasteiger partial charge in [-0.25, -0.2) is 0 Å². The zero-order chi connectivity index (χ0) is 16.8. The van der Waals surface area contributed by atoms with Crippen molar-refractivity contribution >= 4 is 5.91 Å². The van der Waals surface area contributed by atoms with Gasteiger partial charge >= 0.3 is 0 Å². The molecule has 0 N–H and O–H groups in total. The summed E-state index contributed by atoms with van der Waals surface area (Å²) >= 11 is 0. The largest absolute Gasteiger partial charge is 0.497 e. The van der Waals surface area contributed by atoms with Crippen LogP contribution in [0.25, 0.3) is 0 Å². The van der Waals surface area contributed by atoms with Crippen molar-refractivity contribution in [2.24, 2.45) is 0 Å². The quantitative estimate of drug-likeness (QED) is 0.819. The molecule has 1 amide bonds. The van der Waals surface area contributed by atoms with Crippen LogP contribution >= 0.6 is 0 Å². The molecular formula is C19H25N3O2. The molecule has 0 unspecified atom stereocenters. The van der Waals surface area contributed by atoms with E-state index in [1.54, 1.807) is 13.3 Å². The Kier molecular flexibility index (Phi) is 5.51. The van der Waals surface area contributed by atoms with E-state index in [4.69, 9.17) is 4.74 Å². The zero-order valence-electron chi connectivity index (χ0n) is 14.2. The Morgan fingerprint density at radius 2 is 2.25 bits per heavy atom. The van der Waals surface area contributed by atoms with Gasteiger partial charge in [0.2, 0.25) is 5.91 Å². The van der Waals surface area contributed by atoms with Crippen molar-refractivity contribution < 1.29 is 9.53 Å². The SMILES string of the molecule is COc1cccc(CCC(=O)N2CCCC[C@@H]2Cn2cccn2)c1. The summed E-state index contributed by atoms with van der Waals surface area (Å²) in [6, 6.07) is 10.1. The molecule has 2 aromatic rings. The first-order chi connectivity index (χ1) is 11.8. The minimum Gasteiger partial charge on any atom is -0.497 e. The highest BCUT2D eigenvalue weighted by atomic mass is 16.5. The summed E-state index contributed by atoms with van der Waals surface area (Å²) in [5.41, 5.74) is 1.14. The van der Waals surface area contributed by atoms with E-state index >= 15 is 0 Å². The number of likely N-dealkylation sites (tertiary alicyclic amines) is 1. The van der Waals surface area contributed by atoms with Crippen LogP contribution in [0, 0.1) is 0 Å². The topological polar surface area (TPSA) is 47.4 Å². The number of ether oxygens (including phenoxy) is 1. The lowest BCUT2D eigenvalue weighted by molar-refractivity contribution is -0.135. The third kappa shape index (κ3) is 4.16. The number of benzene rings is 1. The molecule has 0 saturated carbocycles. The van der Waals surface area contributed by atoms with E-state index in [0.29, 0.717) is 6.42 Å². The summed E-state index contributed by atoms with van der Waals surface area (Å²) in [7, 11) is 1.66. The van der Waals surface area contributed by atoms with Crippen molar-refractivity contribution in [1.82, 2.24) is 14.7 Å². The molecule has 2 heterocycles. The Labute approximate surface area is 143 Å². The molecule has 1 atom stereocenters. The van der Waals surface area contributed by atoms with E-state index in [1.165, 1.54) is 6.42 Å². The lowest BCUT2D eigenvalue weighted by Crippen LogP contribution is -2.46. The average Bonchev–Trinajstić information content (AvgIpc) is 3.13. The van der Waals surface area contributed by atoms with E-state index in [2.05, 4.69) is 10.00 Å². The van der Waals surface area contributed by atoms with Gasteiger partial charge in [-0.3, -0.25) is 9.48 Å². The Bertz CT molecular complexity index is 654. The Morgan fingerprint density at radius 3 is 3.04 bits per heavy atom. The number of hydrogen-bond acceptors (Lipinski definition) is 3. The van der Waals surface area contributed by atoms with Gasteiger partial charge < -0.3 is 9.64 Å². The molecule has 0 radical (unpaired) electrons. The van der Waals surface area contributed by atoms with Crippen LogP contribution in [0.2, 0.25) is 0 Å². The fraction of sp³-hybridized carbons (Fsp3) is 0.474. The lowest BCUT2D eigenvalue weighted by atomic mass is 10.0. The molecule has 0 spiro atoms. The molecule has 1 aliphatic rings. The van der Waals surface area contributed by atoms with Gasteiger partial charge in [-0.1, -0.05) is 12.1 Å². The molecule has 24 heavy (non-hydrogen) atoms. The third-order valence-corrected chi connectivity index (χ3v) is 4.67. The minimum atomic E-state index is 0.245. The number of amides is 1. The smallest absolute Gasteiger partial charge is 0.223 e. The zero-order valence-corrected chi connectivity index (χ0v) is 14.2. The summed E-state index contributed by atoms with van der Waals surface area (Å²) in [5, 5.41) is 4.28. The van der Waals surface area contributed by atoms with Crippen LogP contribution in [0.15, 0.2) is 42.7 Å². The highest BCUT2D eigenvalue weighted by Gasteiger charge is 2.26. The average molecular weight is 327 g/mol. The summed E-state index contributed by atoms with van der Waals surface area (Å²) in [6.07, 6.45) is 8.39. The molecular weight excluding hydrogens is 302 g/mol. The van der Waals surface area contributed by atoms with Crippen LogP contribution < -0.4 is 4.74 Å². The maximum absolute atomic E-state index is 12.7. The molecule has 1 aromatic heterocycles. The number of methoxy groups -OCH3 is 1. The molecule has 1 saturated heterocycles. The summed E-state index contributed by atoms with van der Waals surface area (Å²) < 4.78 is 7.18. The number of hydrogen-bond donors (Lipinski definition) is 0. The van der Waals surface area contributed by atoms with Crippen LogP contribution in [0.3, 0.4) is 0 Å². The second-order valence-electron chi connectivity index (χ2n) is 6.32. The van der Waals surface area contributed by atoms with Crippen LogP contribution in [0.1, 0.15) is 31.2 Å². The predicted octanol–water partition coefficient (Wildman–Crippen LogP) is 2.91. The van der Waals surface area contributed by atoms with Gasteiger partial charge in [-0.15, -0.1) is 0 Å². The van der Waals surface area contributed by atoms with Crippen molar-refractivity contribution in [1.29, 1.82) is 0 Å². The first-order valence-corrected chi connectivity index (χ1v) is 8.66. The molecule has 1 aliphatic heterocycles. The van der Waals surface area contributed by atoms with Gasteiger partial charge in [0.1, 0.15) is 5.75 Å². The van der Waals surface area contributed by atoms with E-state index in [9.17, 15) is 4.79 Å². The molecule has 5 nitrogen and oxygen atoms in total. The second kappa shape index (κ2) is 7.99. The van der Waals surface area contributed by atoms with E-state index < -0.39 is 0 Å². The highest BCUT2D eigenvalue weighted by Crippen LogP contribution is 2.21. The number of carbonyl (C=O) groups excluding carboxylic acids is 1. The molecule has 3 rings (SSSR count). The minimum absolute atomic E-state index is 0.245. The maximum Gasteiger partial charge on any atom is 0.223 e. The number of aromatic nitrogens is 2. The molecule has 0 bridgehead atoms. The van der Waals surface area contributed by atoms with Crippen molar-refractivity contribution in [3.05, 3.63) is 48.3 Å². The van der Waals surface area contributed by atoms with Crippen LogP contribution in [0.4, 0.5) is 0 Å². The standard InChI is InChI=1S/C19H25N3O2/c1-24-18-8-4-6-16(14-18)9-10-19(23)22-13-3-2-7-17(22)15-21-12-5-11-20-21/h4-6,8,11-12,14,17H,2-3,7,9-10,13,15H2,1H3/t17-/m1/s1. The number of rotatable bonds is 6. The molecule has 5 heteroatoms. The number of piperidine rings is 1. The van der Waals surface area contributed by atoms with Gasteiger partial charge in [0.25, 0.3) is 0 Å². The van der Waals surface area contributed by atoms with E-state index in [-0.39, 0.29) is 11.9 Å². The van der Waals surface area contributed by atoms with Gasteiger partial charge in [0, 0.05) is 25.4 Å². The molecule has 0 aliphatic carbocycles. The van der Waals surface area contributed by atoms with E-state index in [1.807, 2.05) is 41.2 Å². The number of nitrogens with zero attached hydrogens (tertiary/aromatic N) is 3. The fourth-order valence-electron chi connectivity index (χ4n) is 3.37. The van der Waals surface area contributed by atoms with Crippen molar-refractivity contribution in [2.45, 2.75) is 44.7 Å². The molecule has 128 valence electrons. The molecule has 1 fully saturated rings. The normalized spacial score (nSPS) is 17.7. The Morgan fingerprint density at radius 1 is 1.33 bits per heavy atom. The lowest BCUT2D eigenvalue weighted by Gasteiger charge is -2.36. The molecule has 1 aromatic carbocycles.